The molecule has 2 aromatic rings. The summed E-state index contributed by atoms with van der Waals surface area (Å²) in [4.78, 5) is 1.13. The third-order valence-electron chi connectivity index (χ3n) is 3.63. The molecule has 0 amide bonds. The highest BCUT2D eigenvalue weighted by molar-refractivity contribution is 7.92. The lowest BCUT2D eigenvalue weighted by atomic mass is 10.2. The third kappa shape index (κ3) is 4.53. The quantitative estimate of drug-likeness (QED) is 0.708. The van der Waals surface area contributed by atoms with Crippen molar-refractivity contribution >= 4 is 15.7 Å². The fourth-order valence-corrected chi connectivity index (χ4v) is 3.76. The first-order chi connectivity index (χ1) is 12.0. The lowest BCUT2D eigenvalue weighted by molar-refractivity contribution is -0.140. The van der Waals surface area contributed by atoms with E-state index < -0.39 is 32.5 Å². The van der Waals surface area contributed by atoms with E-state index in [2.05, 4.69) is 0 Å². The fourth-order valence-electron chi connectivity index (χ4n) is 2.28. The zero-order valence-electron chi connectivity index (χ0n) is 14.2. The Hall–Kier alpha value is -2.13. The molecule has 0 spiro atoms. The van der Waals surface area contributed by atoms with Gasteiger partial charge in [-0.1, -0.05) is 18.2 Å². The van der Waals surface area contributed by atoms with Crippen molar-refractivity contribution in [2.45, 2.75) is 11.1 Å². The van der Waals surface area contributed by atoms with Crippen LogP contribution in [0.4, 0.5) is 23.2 Å². The highest BCUT2D eigenvalue weighted by atomic mass is 32.2. The summed E-state index contributed by atoms with van der Waals surface area (Å²) < 4.78 is 79.2. The molecule has 2 aromatic carbocycles. The van der Waals surface area contributed by atoms with Crippen LogP contribution in [0.1, 0.15) is 5.56 Å². The Bertz CT molecular complexity index is 853. The number of benzene rings is 2. The van der Waals surface area contributed by atoms with Gasteiger partial charge < -0.3 is 4.90 Å². The number of sulfonamides is 1. The van der Waals surface area contributed by atoms with Gasteiger partial charge in [0.05, 0.1) is 16.1 Å². The molecule has 0 N–H and O–H groups in total. The SMILES string of the molecule is CN(C)CCN(c1ccccc1)S(=O)(=O)c1ccc(F)c(C(F)(F)F)c1. The van der Waals surface area contributed by atoms with Crippen LogP contribution < -0.4 is 4.31 Å². The molecule has 0 atom stereocenters. The van der Waals surface area contributed by atoms with E-state index >= 15 is 0 Å². The lowest BCUT2D eigenvalue weighted by Crippen LogP contribution is -2.36. The Labute approximate surface area is 149 Å². The van der Waals surface area contributed by atoms with Crippen molar-refractivity contribution in [2.24, 2.45) is 0 Å². The number of hydrogen-bond donors (Lipinski definition) is 0. The minimum atomic E-state index is -4.99. The van der Waals surface area contributed by atoms with Gasteiger partial charge in [-0.25, -0.2) is 12.8 Å². The Balaban J connectivity index is 2.53. The normalized spacial score (nSPS) is 12.4. The molecule has 0 radical (unpaired) electrons. The fraction of sp³-hybridized carbons (Fsp3) is 0.294. The van der Waals surface area contributed by atoms with E-state index in [1.807, 2.05) is 0 Å². The maximum absolute atomic E-state index is 13.5. The molecule has 142 valence electrons. The molecule has 0 saturated heterocycles. The molecule has 0 aliphatic heterocycles. The molecule has 0 heterocycles. The van der Waals surface area contributed by atoms with Gasteiger partial charge in [0.25, 0.3) is 10.0 Å². The van der Waals surface area contributed by atoms with Gasteiger partial charge in [-0.2, -0.15) is 13.2 Å². The van der Waals surface area contributed by atoms with Crippen LogP contribution in [0.15, 0.2) is 53.4 Å². The van der Waals surface area contributed by atoms with Gasteiger partial charge in [0.2, 0.25) is 0 Å². The summed E-state index contributed by atoms with van der Waals surface area (Å²) in [6.45, 7) is 0.375. The van der Waals surface area contributed by atoms with E-state index in [1.54, 1.807) is 49.3 Å². The molecule has 0 unspecified atom stereocenters. The van der Waals surface area contributed by atoms with Crippen LogP contribution >= 0.6 is 0 Å². The molecule has 0 saturated carbocycles. The maximum Gasteiger partial charge on any atom is 0.419 e. The van der Waals surface area contributed by atoms with Crippen LogP contribution in [0.5, 0.6) is 0 Å². The predicted octanol–water partition coefficient (Wildman–Crippen LogP) is 3.60. The van der Waals surface area contributed by atoms with Gasteiger partial charge in [0.15, 0.2) is 0 Å². The average molecular weight is 390 g/mol. The summed E-state index contributed by atoms with van der Waals surface area (Å²) >= 11 is 0. The van der Waals surface area contributed by atoms with E-state index in [1.165, 1.54) is 0 Å². The zero-order chi connectivity index (χ0) is 19.5. The van der Waals surface area contributed by atoms with Crippen molar-refractivity contribution in [3.05, 3.63) is 59.9 Å². The predicted molar refractivity (Wildman–Crippen MR) is 90.9 cm³/mol. The molecule has 26 heavy (non-hydrogen) atoms. The number of nitrogens with zero attached hydrogens (tertiary/aromatic N) is 2. The molecule has 0 aromatic heterocycles. The minimum absolute atomic E-state index is 0.0259. The molecule has 0 fully saturated rings. The van der Waals surface area contributed by atoms with Gasteiger partial charge in [-0.15, -0.1) is 0 Å². The Morgan fingerprint density at radius 1 is 0.962 bits per heavy atom. The average Bonchev–Trinajstić information content (AvgIpc) is 2.54. The monoisotopic (exact) mass is 390 g/mol. The number of hydrogen-bond acceptors (Lipinski definition) is 3. The highest BCUT2D eigenvalue weighted by Crippen LogP contribution is 2.34. The van der Waals surface area contributed by atoms with Crippen LogP contribution in [-0.4, -0.2) is 40.5 Å². The van der Waals surface area contributed by atoms with Crippen molar-refractivity contribution < 1.29 is 26.0 Å². The van der Waals surface area contributed by atoms with Crippen molar-refractivity contribution in [3.63, 3.8) is 0 Å². The number of likely N-dealkylation sites (N-methyl/N-ethyl adjacent to an activating group) is 1. The highest BCUT2D eigenvalue weighted by Gasteiger charge is 2.36. The van der Waals surface area contributed by atoms with Crippen LogP contribution in [0.2, 0.25) is 0 Å². The van der Waals surface area contributed by atoms with Crippen molar-refractivity contribution in [1.29, 1.82) is 0 Å². The summed E-state index contributed by atoms with van der Waals surface area (Å²) in [7, 11) is -0.818. The van der Waals surface area contributed by atoms with E-state index in [-0.39, 0.29) is 6.54 Å². The van der Waals surface area contributed by atoms with Crippen LogP contribution in [0.25, 0.3) is 0 Å². The number of para-hydroxylation sites is 1. The Kier molecular flexibility index (Phi) is 5.92. The molecule has 0 bridgehead atoms. The summed E-state index contributed by atoms with van der Waals surface area (Å²) in [6, 6.07) is 9.72. The number of anilines is 1. The van der Waals surface area contributed by atoms with Crippen molar-refractivity contribution in [1.82, 2.24) is 4.90 Å². The third-order valence-corrected chi connectivity index (χ3v) is 5.45. The first kappa shape index (κ1) is 20.2. The molecule has 0 aliphatic rings. The second-order valence-corrected chi connectivity index (χ2v) is 7.72. The minimum Gasteiger partial charge on any atom is -0.308 e. The summed E-state index contributed by atoms with van der Waals surface area (Å²) in [5.41, 5.74) is -1.30. The van der Waals surface area contributed by atoms with E-state index in [9.17, 15) is 26.0 Å². The Morgan fingerprint density at radius 2 is 1.58 bits per heavy atom. The summed E-state index contributed by atoms with van der Waals surface area (Å²) in [5, 5.41) is 0. The standard InChI is InChI=1S/C17H18F4N2O2S/c1-22(2)10-11-23(13-6-4-3-5-7-13)26(24,25)14-8-9-16(18)15(12-14)17(19,20)21/h3-9,12H,10-11H2,1-2H3. The summed E-state index contributed by atoms with van der Waals surface area (Å²) in [6.07, 6.45) is -4.99. The van der Waals surface area contributed by atoms with E-state index in [0.29, 0.717) is 24.4 Å². The largest absolute Gasteiger partial charge is 0.419 e. The second kappa shape index (κ2) is 7.63. The van der Waals surface area contributed by atoms with E-state index in [4.69, 9.17) is 0 Å². The first-order valence-corrected chi connectivity index (χ1v) is 9.07. The van der Waals surface area contributed by atoms with Crippen LogP contribution in [-0.2, 0) is 16.2 Å². The number of halogens is 4. The molecule has 0 aliphatic carbocycles. The second-order valence-electron chi connectivity index (χ2n) is 5.86. The van der Waals surface area contributed by atoms with Crippen LogP contribution in [0, 0.1) is 5.82 Å². The van der Waals surface area contributed by atoms with Crippen LogP contribution in [0.3, 0.4) is 0 Å². The smallest absolute Gasteiger partial charge is 0.308 e. The summed E-state index contributed by atoms with van der Waals surface area (Å²) in [5.74, 6) is -1.52. The van der Waals surface area contributed by atoms with Gasteiger partial charge in [-0.3, -0.25) is 4.31 Å². The van der Waals surface area contributed by atoms with Crippen molar-refractivity contribution in [3.8, 4) is 0 Å². The number of alkyl halides is 3. The van der Waals surface area contributed by atoms with Gasteiger partial charge in [-0.05, 0) is 44.4 Å². The molecular weight excluding hydrogens is 372 g/mol. The Morgan fingerprint density at radius 3 is 2.12 bits per heavy atom. The number of rotatable bonds is 6. The maximum atomic E-state index is 13.5. The topological polar surface area (TPSA) is 40.6 Å². The molecular formula is C17H18F4N2O2S. The van der Waals surface area contributed by atoms with Gasteiger partial charge in [0, 0.05) is 13.1 Å². The zero-order valence-corrected chi connectivity index (χ0v) is 15.0. The van der Waals surface area contributed by atoms with E-state index in [0.717, 1.165) is 10.4 Å². The molecule has 2 rings (SSSR count). The molecule has 4 nitrogen and oxygen atoms in total. The van der Waals surface area contributed by atoms with Gasteiger partial charge in [0.1, 0.15) is 5.82 Å². The first-order valence-electron chi connectivity index (χ1n) is 7.63. The lowest BCUT2D eigenvalue weighted by Gasteiger charge is -2.26. The van der Waals surface area contributed by atoms with Crippen molar-refractivity contribution in [2.75, 3.05) is 31.5 Å². The van der Waals surface area contributed by atoms with Gasteiger partial charge >= 0.3 is 6.18 Å². The molecule has 9 heteroatoms.